The first-order valence-corrected chi connectivity index (χ1v) is 4.86. The molecule has 0 aliphatic carbocycles. The highest BCUT2D eigenvalue weighted by atomic mass is 15.2. The Balaban J connectivity index is 2.53. The number of pyridine rings is 1. The van der Waals surface area contributed by atoms with Gasteiger partial charge in [0.15, 0.2) is 0 Å². The third-order valence-corrected chi connectivity index (χ3v) is 2.25. The van der Waals surface area contributed by atoms with Crippen LogP contribution in [-0.2, 0) is 6.42 Å². The number of nitrogens with two attached hydrogens (primary N) is 1. The van der Waals surface area contributed by atoms with Gasteiger partial charge in [-0.3, -0.25) is 0 Å². The summed E-state index contributed by atoms with van der Waals surface area (Å²) in [6, 6.07) is 6.41. The molecule has 2 aromatic heterocycles. The Morgan fingerprint density at radius 1 is 1.57 bits per heavy atom. The maximum Gasteiger partial charge on any atom is 0.0696 e. The number of aromatic nitrogens is 2. The van der Waals surface area contributed by atoms with E-state index in [0.29, 0.717) is 0 Å². The first kappa shape index (κ1) is 9.21. The highest BCUT2D eigenvalue weighted by Crippen LogP contribution is 2.13. The van der Waals surface area contributed by atoms with E-state index in [0.717, 1.165) is 12.1 Å². The maximum atomic E-state index is 5.79. The van der Waals surface area contributed by atoms with E-state index < -0.39 is 0 Å². The fourth-order valence-corrected chi connectivity index (χ4v) is 1.72. The zero-order valence-corrected chi connectivity index (χ0v) is 8.57. The average Bonchev–Trinajstić information content (AvgIpc) is 2.45. The van der Waals surface area contributed by atoms with Gasteiger partial charge >= 0.3 is 0 Å². The maximum absolute atomic E-state index is 5.79. The van der Waals surface area contributed by atoms with Crippen LogP contribution in [0.5, 0.6) is 0 Å². The molecule has 2 aromatic rings. The van der Waals surface area contributed by atoms with Crippen LogP contribution in [-0.4, -0.2) is 15.7 Å². The zero-order chi connectivity index (χ0) is 10.1. The number of nitrogens with zero attached hydrogens (tertiary/aromatic N) is 2. The lowest BCUT2D eigenvalue weighted by Gasteiger charge is -2.06. The van der Waals surface area contributed by atoms with E-state index in [4.69, 9.17) is 5.73 Å². The summed E-state index contributed by atoms with van der Waals surface area (Å²) in [5, 5.41) is 4.36. The molecule has 0 aliphatic heterocycles. The fraction of sp³-hybridized carbons (Fsp3) is 0.364. The summed E-state index contributed by atoms with van der Waals surface area (Å²) in [4.78, 5) is 0. The van der Waals surface area contributed by atoms with Crippen molar-refractivity contribution in [3.05, 3.63) is 35.7 Å². The molecule has 0 fully saturated rings. The molecule has 0 bridgehead atoms. The SMILES string of the molecule is Cc1cc2c(CC(C)N)cccn2n1. The molecule has 1 atom stereocenters. The zero-order valence-electron chi connectivity index (χ0n) is 8.57. The minimum Gasteiger partial charge on any atom is -0.328 e. The molecule has 0 amide bonds. The van der Waals surface area contributed by atoms with Crippen molar-refractivity contribution < 1.29 is 0 Å². The van der Waals surface area contributed by atoms with Crippen molar-refractivity contribution in [1.29, 1.82) is 0 Å². The van der Waals surface area contributed by atoms with E-state index in [-0.39, 0.29) is 6.04 Å². The molecule has 0 aliphatic rings. The normalized spacial score (nSPS) is 13.4. The molecule has 74 valence electrons. The Morgan fingerprint density at radius 2 is 2.36 bits per heavy atom. The predicted molar refractivity (Wildman–Crippen MR) is 57.3 cm³/mol. The van der Waals surface area contributed by atoms with Gasteiger partial charge in [0.05, 0.1) is 11.2 Å². The van der Waals surface area contributed by atoms with Crippen LogP contribution in [0.2, 0.25) is 0 Å². The van der Waals surface area contributed by atoms with Gasteiger partial charge < -0.3 is 5.73 Å². The molecule has 0 saturated heterocycles. The summed E-state index contributed by atoms with van der Waals surface area (Å²) in [5.74, 6) is 0. The van der Waals surface area contributed by atoms with Crippen LogP contribution in [0.4, 0.5) is 0 Å². The number of hydrogen-bond acceptors (Lipinski definition) is 2. The topological polar surface area (TPSA) is 43.3 Å². The lowest BCUT2D eigenvalue weighted by atomic mass is 10.1. The van der Waals surface area contributed by atoms with E-state index >= 15 is 0 Å². The van der Waals surface area contributed by atoms with E-state index in [1.807, 2.05) is 30.6 Å². The van der Waals surface area contributed by atoms with Gasteiger partial charge in [0.25, 0.3) is 0 Å². The van der Waals surface area contributed by atoms with Crippen LogP contribution >= 0.6 is 0 Å². The van der Waals surface area contributed by atoms with Crippen molar-refractivity contribution in [3.63, 3.8) is 0 Å². The fourth-order valence-electron chi connectivity index (χ4n) is 1.72. The summed E-state index contributed by atoms with van der Waals surface area (Å²) < 4.78 is 1.91. The Kier molecular flexibility index (Phi) is 2.25. The van der Waals surface area contributed by atoms with Crippen molar-refractivity contribution in [2.75, 3.05) is 0 Å². The standard InChI is InChI=1S/C11H15N3/c1-8(12)6-10-4-3-5-14-11(10)7-9(2)13-14/h3-5,7-8H,6,12H2,1-2H3. The first-order valence-electron chi connectivity index (χ1n) is 4.86. The molecular weight excluding hydrogens is 174 g/mol. The molecule has 2 rings (SSSR count). The van der Waals surface area contributed by atoms with Gasteiger partial charge in [-0.25, -0.2) is 4.52 Å². The van der Waals surface area contributed by atoms with Crippen LogP contribution in [0.25, 0.3) is 5.52 Å². The summed E-state index contributed by atoms with van der Waals surface area (Å²) in [6.07, 6.45) is 2.86. The van der Waals surface area contributed by atoms with Crippen molar-refractivity contribution in [3.8, 4) is 0 Å². The van der Waals surface area contributed by atoms with Crippen molar-refractivity contribution in [1.82, 2.24) is 9.61 Å². The van der Waals surface area contributed by atoms with Crippen molar-refractivity contribution in [2.24, 2.45) is 5.73 Å². The highest BCUT2D eigenvalue weighted by Gasteiger charge is 2.05. The van der Waals surface area contributed by atoms with Crippen molar-refractivity contribution >= 4 is 5.52 Å². The third-order valence-electron chi connectivity index (χ3n) is 2.25. The summed E-state index contributed by atoms with van der Waals surface area (Å²) in [5.41, 5.74) is 9.27. The Hall–Kier alpha value is -1.35. The second-order valence-corrected chi connectivity index (χ2v) is 3.83. The minimum absolute atomic E-state index is 0.191. The summed E-state index contributed by atoms with van der Waals surface area (Å²) >= 11 is 0. The molecule has 3 heteroatoms. The van der Waals surface area contributed by atoms with Gasteiger partial charge in [0.2, 0.25) is 0 Å². The molecule has 3 nitrogen and oxygen atoms in total. The van der Waals surface area contributed by atoms with Crippen LogP contribution in [0.3, 0.4) is 0 Å². The Labute approximate surface area is 83.5 Å². The second kappa shape index (κ2) is 3.42. The summed E-state index contributed by atoms with van der Waals surface area (Å²) in [6.45, 7) is 4.02. The predicted octanol–water partition coefficient (Wildman–Crippen LogP) is 1.53. The molecule has 14 heavy (non-hydrogen) atoms. The Bertz CT molecular complexity index is 443. The second-order valence-electron chi connectivity index (χ2n) is 3.83. The molecule has 1 unspecified atom stereocenters. The van der Waals surface area contributed by atoms with Gasteiger partial charge in [0, 0.05) is 12.2 Å². The molecule has 0 radical (unpaired) electrons. The number of aryl methyl sites for hydroxylation is 1. The van der Waals surface area contributed by atoms with Gasteiger partial charge in [-0.05, 0) is 38.0 Å². The van der Waals surface area contributed by atoms with E-state index in [1.165, 1.54) is 11.1 Å². The first-order chi connectivity index (χ1) is 6.66. The van der Waals surface area contributed by atoms with Gasteiger partial charge in [0.1, 0.15) is 0 Å². The third kappa shape index (κ3) is 1.63. The molecule has 0 aromatic carbocycles. The molecule has 2 N–H and O–H groups in total. The molecule has 0 saturated carbocycles. The lowest BCUT2D eigenvalue weighted by Crippen LogP contribution is -2.18. The monoisotopic (exact) mass is 189 g/mol. The molecule has 0 spiro atoms. The van der Waals surface area contributed by atoms with Crippen LogP contribution < -0.4 is 5.73 Å². The summed E-state index contributed by atoms with van der Waals surface area (Å²) in [7, 11) is 0. The molecular formula is C11H15N3. The minimum atomic E-state index is 0.191. The van der Waals surface area contributed by atoms with Crippen LogP contribution in [0.15, 0.2) is 24.4 Å². The lowest BCUT2D eigenvalue weighted by molar-refractivity contribution is 0.737. The average molecular weight is 189 g/mol. The Morgan fingerprint density at radius 3 is 3.07 bits per heavy atom. The van der Waals surface area contributed by atoms with Crippen LogP contribution in [0.1, 0.15) is 18.2 Å². The smallest absolute Gasteiger partial charge is 0.0696 e. The largest absolute Gasteiger partial charge is 0.328 e. The van der Waals surface area contributed by atoms with E-state index in [2.05, 4.69) is 17.2 Å². The van der Waals surface area contributed by atoms with Gasteiger partial charge in [-0.2, -0.15) is 5.10 Å². The number of rotatable bonds is 2. The van der Waals surface area contributed by atoms with E-state index in [9.17, 15) is 0 Å². The number of fused-ring (bicyclic) bond motifs is 1. The van der Waals surface area contributed by atoms with Gasteiger partial charge in [-0.1, -0.05) is 6.07 Å². The van der Waals surface area contributed by atoms with Crippen molar-refractivity contribution in [2.45, 2.75) is 26.3 Å². The number of hydrogen-bond donors (Lipinski definition) is 1. The highest BCUT2D eigenvalue weighted by molar-refractivity contribution is 5.55. The van der Waals surface area contributed by atoms with Gasteiger partial charge in [-0.15, -0.1) is 0 Å². The molecule has 2 heterocycles. The quantitative estimate of drug-likeness (QED) is 0.778. The van der Waals surface area contributed by atoms with Crippen LogP contribution in [0, 0.1) is 6.92 Å². The van der Waals surface area contributed by atoms with E-state index in [1.54, 1.807) is 0 Å².